The quantitative estimate of drug-likeness (QED) is 0.837. The van der Waals surface area contributed by atoms with Crippen LogP contribution in [0.2, 0.25) is 0 Å². The van der Waals surface area contributed by atoms with Crippen molar-refractivity contribution in [2.75, 3.05) is 19.7 Å². The second-order valence-electron chi connectivity index (χ2n) is 4.63. The van der Waals surface area contributed by atoms with Crippen LogP contribution in [0.25, 0.3) is 0 Å². The number of hydrogen-bond donors (Lipinski definition) is 1. The van der Waals surface area contributed by atoms with Crippen LogP contribution < -0.4 is 0 Å². The van der Waals surface area contributed by atoms with Crippen LogP contribution in [-0.4, -0.2) is 29.7 Å². The monoisotopic (exact) mass is 274 g/mol. The van der Waals surface area contributed by atoms with Gasteiger partial charge in [0.25, 0.3) is 0 Å². The predicted molar refractivity (Wildman–Crippen MR) is 76.1 cm³/mol. The SMILES string of the molecule is CCN(Cc1ccc(F)c(C#CCO)c1)CC(C)C#N. The second-order valence-corrected chi connectivity index (χ2v) is 4.63. The number of aliphatic hydroxyl groups excluding tert-OH is 1. The summed E-state index contributed by atoms with van der Waals surface area (Å²) in [5.74, 6) is 4.63. The van der Waals surface area contributed by atoms with E-state index in [1.54, 1.807) is 12.1 Å². The number of hydrogen-bond acceptors (Lipinski definition) is 3. The van der Waals surface area contributed by atoms with Gasteiger partial charge in [-0.3, -0.25) is 4.90 Å². The van der Waals surface area contributed by atoms with Gasteiger partial charge in [0, 0.05) is 13.1 Å². The molecule has 1 rings (SSSR count). The summed E-state index contributed by atoms with van der Waals surface area (Å²) >= 11 is 0. The van der Waals surface area contributed by atoms with Crippen molar-refractivity contribution < 1.29 is 9.50 Å². The van der Waals surface area contributed by atoms with Gasteiger partial charge in [-0.1, -0.05) is 24.8 Å². The van der Waals surface area contributed by atoms with Gasteiger partial charge in [0.2, 0.25) is 0 Å². The Balaban J connectivity index is 2.83. The summed E-state index contributed by atoms with van der Waals surface area (Å²) in [6.45, 7) is 5.77. The molecule has 0 saturated heterocycles. The van der Waals surface area contributed by atoms with Crippen LogP contribution in [-0.2, 0) is 6.54 Å². The molecule has 0 aromatic heterocycles. The molecule has 1 unspecified atom stereocenters. The Morgan fingerprint density at radius 1 is 1.45 bits per heavy atom. The van der Waals surface area contributed by atoms with E-state index in [-0.39, 0.29) is 18.3 Å². The fraction of sp³-hybridized carbons (Fsp3) is 0.438. The van der Waals surface area contributed by atoms with Gasteiger partial charge in [0.15, 0.2) is 0 Å². The fourth-order valence-electron chi connectivity index (χ4n) is 1.89. The minimum absolute atomic E-state index is 0.0379. The van der Waals surface area contributed by atoms with Gasteiger partial charge in [-0.15, -0.1) is 0 Å². The van der Waals surface area contributed by atoms with Crippen LogP contribution in [0.4, 0.5) is 4.39 Å². The maximum Gasteiger partial charge on any atom is 0.138 e. The number of nitrogens with zero attached hydrogens (tertiary/aromatic N) is 2. The Morgan fingerprint density at radius 2 is 2.20 bits per heavy atom. The molecule has 0 fully saturated rings. The molecule has 0 radical (unpaired) electrons. The van der Waals surface area contributed by atoms with Gasteiger partial charge in [-0.25, -0.2) is 4.39 Å². The van der Waals surface area contributed by atoms with E-state index in [2.05, 4.69) is 22.8 Å². The molecule has 0 spiro atoms. The maximum absolute atomic E-state index is 13.5. The average Bonchev–Trinajstić information content (AvgIpc) is 2.46. The van der Waals surface area contributed by atoms with E-state index in [1.165, 1.54) is 6.07 Å². The van der Waals surface area contributed by atoms with E-state index >= 15 is 0 Å². The lowest BCUT2D eigenvalue weighted by atomic mass is 10.1. The number of rotatable bonds is 5. The van der Waals surface area contributed by atoms with Gasteiger partial charge >= 0.3 is 0 Å². The van der Waals surface area contributed by atoms with Crippen molar-refractivity contribution in [2.45, 2.75) is 20.4 Å². The van der Waals surface area contributed by atoms with E-state index in [0.29, 0.717) is 18.7 Å². The van der Waals surface area contributed by atoms with E-state index in [1.807, 2.05) is 13.8 Å². The van der Waals surface area contributed by atoms with Crippen LogP contribution >= 0.6 is 0 Å². The molecule has 106 valence electrons. The second kappa shape index (κ2) is 8.32. The summed E-state index contributed by atoms with van der Waals surface area (Å²) < 4.78 is 13.5. The highest BCUT2D eigenvalue weighted by molar-refractivity contribution is 5.38. The van der Waals surface area contributed by atoms with E-state index in [4.69, 9.17) is 10.4 Å². The Kier molecular flexibility index (Phi) is 6.73. The Labute approximate surface area is 119 Å². The minimum Gasteiger partial charge on any atom is -0.384 e. The third-order valence-electron chi connectivity index (χ3n) is 2.94. The summed E-state index contributed by atoms with van der Waals surface area (Å²) in [6, 6.07) is 7.01. The lowest BCUT2D eigenvalue weighted by Gasteiger charge is -2.21. The van der Waals surface area contributed by atoms with E-state index < -0.39 is 0 Å². The van der Waals surface area contributed by atoms with Crippen molar-refractivity contribution in [3.63, 3.8) is 0 Å². The zero-order valence-electron chi connectivity index (χ0n) is 11.9. The molecule has 0 aliphatic carbocycles. The lowest BCUT2D eigenvalue weighted by Crippen LogP contribution is -2.27. The number of halogens is 1. The first-order chi connectivity index (χ1) is 9.60. The molecule has 0 aliphatic rings. The number of nitriles is 1. The van der Waals surface area contributed by atoms with Crippen LogP contribution in [0, 0.1) is 34.9 Å². The molecule has 1 atom stereocenters. The number of aliphatic hydroxyl groups is 1. The molecule has 1 aromatic rings. The molecule has 0 amide bonds. The zero-order valence-corrected chi connectivity index (χ0v) is 11.9. The molecular weight excluding hydrogens is 255 g/mol. The van der Waals surface area contributed by atoms with Gasteiger partial charge in [0.1, 0.15) is 12.4 Å². The molecule has 0 bridgehead atoms. The first-order valence-electron chi connectivity index (χ1n) is 6.60. The molecule has 0 saturated carbocycles. The summed E-state index contributed by atoms with van der Waals surface area (Å²) in [4.78, 5) is 2.13. The molecular formula is C16H19FN2O. The minimum atomic E-state index is -0.386. The van der Waals surface area contributed by atoms with E-state index in [0.717, 1.165) is 12.1 Å². The molecule has 0 aliphatic heterocycles. The van der Waals surface area contributed by atoms with Crippen molar-refractivity contribution in [1.82, 2.24) is 4.90 Å². The smallest absolute Gasteiger partial charge is 0.138 e. The summed E-state index contributed by atoms with van der Waals surface area (Å²) in [7, 11) is 0. The molecule has 1 aromatic carbocycles. The molecule has 1 N–H and O–H groups in total. The third kappa shape index (κ3) is 5.01. The topological polar surface area (TPSA) is 47.3 Å². The highest BCUT2D eigenvalue weighted by Crippen LogP contribution is 2.12. The average molecular weight is 274 g/mol. The standard InChI is InChI=1S/C16H19FN2O/c1-3-19(11-13(2)10-18)12-14-6-7-16(17)15(9-14)5-4-8-20/h6-7,9,13,20H,3,8,11-12H2,1-2H3. The molecule has 3 nitrogen and oxygen atoms in total. The zero-order chi connectivity index (χ0) is 15.0. The van der Waals surface area contributed by atoms with Crippen LogP contribution in [0.1, 0.15) is 25.0 Å². The van der Waals surface area contributed by atoms with Crippen molar-refractivity contribution in [3.05, 3.63) is 35.1 Å². The predicted octanol–water partition coefficient (Wildman–Crippen LogP) is 2.15. The van der Waals surface area contributed by atoms with E-state index in [9.17, 15) is 4.39 Å². The largest absolute Gasteiger partial charge is 0.384 e. The Morgan fingerprint density at radius 3 is 2.80 bits per heavy atom. The van der Waals surface area contributed by atoms with Crippen molar-refractivity contribution in [2.24, 2.45) is 5.92 Å². The Hall–Kier alpha value is -1.88. The molecule has 0 heterocycles. The van der Waals surface area contributed by atoms with Gasteiger partial charge in [0.05, 0.1) is 17.6 Å². The number of benzene rings is 1. The summed E-state index contributed by atoms with van der Waals surface area (Å²) in [5.41, 5.74) is 1.24. The van der Waals surface area contributed by atoms with Crippen molar-refractivity contribution in [3.8, 4) is 17.9 Å². The normalized spacial score (nSPS) is 11.6. The molecule has 20 heavy (non-hydrogen) atoms. The fourth-order valence-corrected chi connectivity index (χ4v) is 1.89. The maximum atomic E-state index is 13.5. The van der Waals surface area contributed by atoms with Crippen molar-refractivity contribution >= 4 is 0 Å². The van der Waals surface area contributed by atoms with Crippen LogP contribution in [0.3, 0.4) is 0 Å². The molecule has 4 heteroatoms. The highest BCUT2D eigenvalue weighted by Gasteiger charge is 2.09. The van der Waals surface area contributed by atoms with Gasteiger partial charge < -0.3 is 5.11 Å². The first-order valence-corrected chi connectivity index (χ1v) is 6.60. The Bertz CT molecular complexity index is 540. The van der Waals surface area contributed by atoms with Crippen LogP contribution in [0.15, 0.2) is 18.2 Å². The third-order valence-corrected chi connectivity index (χ3v) is 2.94. The first kappa shape index (κ1) is 16.2. The highest BCUT2D eigenvalue weighted by atomic mass is 19.1. The van der Waals surface area contributed by atoms with Gasteiger partial charge in [-0.05, 0) is 31.2 Å². The summed E-state index contributed by atoms with van der Waals surface area (Å²) in [6.07, 6.45) is 0. The van der Waals surface area contributed by atoms with Gasteiger partial charge in [-0.2, -0.15) is 5.26 Å². The van der Waals surface area contributed by atoms with Crippen molar-refractivity contribution in [1.29, 1.82) is 5.26 Å². The van der Waals surface area contributed by atoms with Crippen LogP contribution in [0.5, 0.6) is 0 Å². The summed E-state index contributed by atoms with van der Waals surface area (Å²) in [5, 5.41) is 17.5. The lowest BCUT2D eigenvalue weighted by molar-refractivity contribution is 0.260.